The summed E-state index contributed by atoms with van der Waals surface area (Å²) in [6.07, 6.45) is 5.23. The summed E-state index contributed by atoms with van der Waals surface area (Å²) >= 11 is 1.83. The molecule has 0 amide bonds. The summed E-state index contributed by atoms with van der Waals surface area (Å²) in [4.78, 5) is 5.76. The molecule has 2 aliphatic rings. The Kier molecular flexibility index (Phi) is 2.40. The van der Waals surface area contributed by atoms with Crippen molar-refractivity contribution in [2.45, 2.75) is 0 Å². The van der Waals surface area contributed by atoms with E-state index in [1.165, 1.54) is 10.4 Å². The molecule has 0 N–H and O–H groups in total. The molecule has 1 aromatic carbocycles. The maximum absolute atomic E-state index is 5.23. The first-order chi connectivity index (χ1) is 8.36. The predicted molar refractivity (Wildman–Crippen MR) is 73.0 cm³/mol. The number of para-hydroxylation sites is 1. The molecule has 80 valence electrons. The molecule has 0 radical (unpaired) electrons. The Morgan fingerprint density at radius 1 is 1.12 bits per heavy atom. The zero-order valence-electron chi connectivity index (χ0n) is 9.05. The Morgan fingerprint density at radius 3 is 2.53 bits per heavy atom. The van der Waals surface area contributed by atoms with E-state index < -0.39 is 0 Å². The van der Waals surface area contributed by atoms with Crippen LogP contribution in [0.15, 0.2) is 47.8 Å². The number of thiophene rings is 1. The fraction of sp³-hybridized carbons (Fsp3) is 0. The van der Waals surface area contributed by atoms with Crippen molar-refractivity contribution in [3.63, 3.8) is 0 Å². The molecule has 2 heterocycles. The van der Waals surface area contributed by atoms with Gasteiger partial charge < -0.3 is 0 Å². The summed E-state index contributed by atoms with van der Waals surface area (Å²) in [6, 6.07) is 13.9. The number of hydrogen-bond acceptors (Lipinski definition) is 2. The van der Waals surface area contributed by atoms with Gasteiger partial charge in [-0.25, -0.2) is 4.98 Å². The van der Waals surface area contributed by atoms with E-state index in [1.54, 1.807) is 0 Å². The Labute approximate surface area is 104 Å². The first-order valence-electron chi connectivity index (χ1n) is 5.28. The van der Waals surface area contributed by atoms with Gasteiger partial charge in [0.15, 0.2) is 0 Å². The lowest BCUT2D eigenvalue weighted by molar-refractivity contribution is 1.36. The number of rotatable bonds is 0. The third-order valence-corrected chi connectivity index (χ3v) is 3.53. The first-order valence-corrected chi connectivity index (χ1v) is 6.16. The van der Waals surface area contributed by atoms with Crippen LogP contribution in [0.1, 0.15) is 5.69 Å². The number of hydrogen-bond donors (Lipinski definition) is 0. The van der Waals surface area contributed by atoms with E-state index in [-0.39, 0.29) is 0 Å². The summed E-state index contributed by atoms with van der Waals surface area (Å²) in [7, 11) is 0. The smallest absolute Gasteiger partial charge is 0.113 e. The van der Waals surface area contributed by atoms with Crippen molar-refractivity contribution in [1.82, 2.24) is 4.98 Å². The van der Waals surface area contributed by atoms with Crippen LogP contribution in [0.5, 0.6) is 0 Å². The van der Waals surface area contributed by atoms with Crippen LogP contribution >= 0.6 is 11.3 Å². The largest absolute Gasteiger partial charge is 0.239 e. The van der Waals surface area contributed by atoms with Crippen LogP contribution in [-0.2, 0) is 0 Å². The Balaban J connectivity index is 0.000000147. The molecule has 0 saturated carbocycles. The van der Waals surface area contributed by atoms with E-state index in [0.717, 1.165) is 10.9 Å². The molecule has 1 aliphatic heterocycles. The van der Waals surface area contributed by atoms with Gasteiger partial charge in [0.1, 0.15) is 5.69 Å². The Bertz CT molecular complexity index is 695. The van der Waals surface area contributed by atoms with Crippen molar-refractivity contribution in [2.75, 3.05) is 0 Å². The average molecular weight is 235 g/mol. The van der Waals surface area contributed by atoms with Crippen LogP contribution in [0.3, 0.4) is 0 Å². The van der Waals surface area contributed by atoms with Crippen molar-refractivity contribution in [1.29, 1.82) is 0 Å². The summed E-state index contributed by atoms with van der Waals surface area (Å²) < 4.78 is 0. The van der Waals surface area contributed by atoms with Gasteiger partial charge in [-0.1, -0.05) is 30.2 Å². The van der Waals surface area contributed by atoms with Crippen molar-refractivity contribution < 1.29 is 0 Å². The minimum Gasteiger partial charge on any atom is -0.239 e. The fourth-order valence-corrected chi connectivity index (χ4v) is 2.17. The van der Waals surface area contributed by atoms with Crippen molar-refractivity contribution in [3.05, 3.63) is 53.5 Å². The molecular formula is C15H9NS. The molecular weight excluding hydrogens is 226 g/mol. The molecule has 0 unspecified atom stereocenters. The van der Waals surface area contributed by atoms with Gasteiger partial charge in [0, 0.05) is 21.2 Å². The van der Waals surface area contributed by atoms with E-state index >= 15 is 0 Å². The molecule has 1 aliphatic carbocycles. The number of terminal acetylenes is 1. The molecule has 2 heteroatoms. The van der Waals surface area contributed by atoms with Gasteiger partial charge in [0.25, 0.3) is 0 Å². The lowest BCUT2D eigenvalue weighted by atomic mass is 10.2. The zero-order valence-corrected chi connectivity index (χ0v) is 9.87. The third kappa shape index (κ3) is 2.06. The van der Waals surface area contributed by atoms with Gasteiger partial charge in [-0.3, -0.25) is 0 Å². The normalized spacial score (nSPS) is 10.3. The second kappa shape index (κ2) is 4.04. The van der Waals surface area contributed by atoms with Gasteiger partial charge in [0.2, 0.25) is 0 Å². The van der Waals surface area contributed by atoms with E-state index in [0.29, 0.717) is 5.69 Å². The molecule has 2 aromatic rings. The molecule has 0 fully saturated rings. The van der Waals surface area contributed by atoms with Crippen LogP contribution in [0, 0.1) is 12.3 Å². The van der Waals surface area contributed by atoms with Gasteiger partial charge in [-0.15, -0.1) is 17.8 Å². The minimum absolute atomic E-state index is 0.689. The second-order valence-electron chi connectivity index (χ2n) is 3.73. The van der Waals surface area contributed by atoms with E-state index in [1.807, 2.05) is 47.7 Å². The van der Waals surface area contributed by atoms with Crippen LogP contribution < -0.4 is 0 Å². The molecule has 4 rings (SSSR count). The lowest BCUT2D eigenvalue weighted by Gasteiger charge is -1.95. The number of fused-ring (bicyclic) bond motifs is 2. The SMILES string of the molecule is C#Cc1ccc2ccccc2n1.c1sc2cc1-2. The van der Waals surface area contributed by atoms with Gasteiger partial charge in [-0.2, -0.15) is 0 Å². The lowest BCUT2D eigenvalue weighted by Crippen LogP contribution is -1.82. The van der Waals surface area contributed by atoms with E-state index in [9.17, 15) is 0 Å². The predicted octanol–water partition coefficient (Wildman–Crippen LogP) is 3.94. The highest BCUT2D eigenvalue weighted by Crippen LogP contribution is 2.42. The Hall–Kier alpha value is -2.11. The first kappa shape index (κ1) is 10.1. The van der Waals surface area contributed by atoms with Gasteiger partial charge in [-0.05, 0) is 18.2 Å². The average Bonchev–Trinajstić information content (AvgIpc) is 2.96. The third-order valence-electron chi connectivity index (χ3n) is 2.55. The molecule has 1 aromatic heterocycles. The number of nitrogens with zero attached hydrogens (tertiary/aromatic N) is 1. The number of aromatic nitrogens is 1. The topological polar surface area (TPSA) is 12.9 Å². The van der Waals surface area contributed by atoms with E-state index in [2.05, 4.69) is 22.4 Å². The summed E-state index contributed by atoms with van der Waals surface area (Å²) in [5, 5.41) is 3.28. The highest BCUT2D eigenvalue weighted by Gasteiger charge is 2.12. The van der Waals surface area contributed by atoms with Crippen LogP contribution in [0.25, 0.3) is 21.3 Å². The minimum atomic E-state index is 0.689. The van der Waals surface area contributed by atoms with Crippen molar-refractivity contribution >= 4 is 22.2 Å². The summed E-state index contributed by atoms with van der Waals surface area (Å²) in [5.74, 6) is 2.51. The van der Waals surface area contributed by atoms with Crippen molar-refractivity contribution in [3.8, 4) is 22.8 Å². The second-order valence-corrected chi connectivity index (χ2v) is 4.64. The highest BCUT2D eigenvalue weighted by molar-refractivity contribution is 7.18. The fourth-order valence-electron chi connectivity index (χ4n) is 1.51. The Morgan fingerprint density at radius 2 is 1.94 bits per heavy atom. The van der Waals surface area contributed by atoms with Gasteiger partial charge in [0.05, 0.1) is 5.52 Å². The number of benzene rings is 1. The molecule has 17 heavy (non-hydrogen) atoms. The quantitative estimate of drug-likeness (QED) is 0.421. The molecule has 0 atom stereocenters. The van der Waals surface area contributed by atoms with Crippen LogP contribution in [-0.4, -0.2) is 4.98 Å². The maximum atomic E-state index is 5.23. The van der Waals surface area contributed by atoms with E-state index in [4.69, 9.17) is 6.42 Å². The molecule has 0 saturated heterocycles. The summed E-state index contributed by atoms with van der Waals surface area (Å²) in [6.45, 7) is 0. The highest BCUT2D eigenvalue weighted by atomic mass is 32.1. The number of pyridine rings is 1. The monoisotopic (exact) mass is 235 g/mol. The molecule has 1 nitrogen and oxygen atoms in total. The van der Waals surface area contributed by atoms with Crippen LogP contribution in [0.4, 0.5) is 0 Å². The standard InChI is InChI=1S/C11H7N.C4H2S/c1-2-10-8-7-9-5-3-4-6-11(9)12-10;1-3-2-5-4(1)3/h1,3-8H;1-2H. The zero-order chi connectivity index (χ0) is 11.7. The van der Waals surface area contributed by atoms with Crippen molar-refractivity contribution in [2.24, 2.45) is 0 Å². The van der Waals surface area contributed by atoms with Gasteiger partial charge >= 0.3 is 0 Å². The molecule has 0 spiro atoms. The van der Waals surface area contributed by atoms with Crippen LogP contribution in [0.2, 0.25) is 0 Å². The maximum Gasteiger partial charge on any atom is 0.113 e. The summed E-state index contributed by atoms with van der Waals surface area (Å²) in [5.41, 5.74) is 3.12. The molecule has 0 bridgehead atoms.